The Morgan fingerprint density at radius 2 is 1.59 bits per heavy atom. The van der Waals surface area contributed by atoms with Crippen molar-refractivity contribution in [1.82, 2.24) is 15.8 Å². The minimum Gasteiger partial charge on any atom is -0.508 e. The topological polar surface area (TPSA) is 64.6 Å². The van der Waals surface area contributed by atoms with E-state index in [1.165, 1.54) is 10.5 Å². The second kappa shape index (κ2) is 8.98. The van der Waals surface area contributed by atoms with Crippen LogP contribution in [0.25, 0.3) is 0 Å². The predicted molar refractivity (Wildman–Crippen MR) is 127 cm³/mol. The van der Waals surface area contributed by atoms with Gasteiger partial charge in [-0.1, -0.05) is 60.7 Å². The first kappa shape index (κ1) is 21.1. The second-order valence-electron chi connectivity index (χ2n) is 8.37. The summed E-state index contributed by atoms with van der Waals surface area (Å²) in [6.07, 6.45) is 2.87. The van der Waals surface area contributed by atoms with Gasteiger partial charge in [0.25, 0.3) is 0 Å². The van der Waals surface area contributed by atoms with Crippen molar-refractivity contribution >= 4 is 17.7 Å². The van der Waals surface area contributed by atoms with E-state index in [9.17, 15) is 9.90 Å². The Balaban J connectivity index is 1.51. The predicted octanol–water partition coefficient (Wildman–Crippen LogP) is 4.07. The minimum atomic E-state index is -0.333. The van der Waals surface area contributed by atoms with Gasteiger partial charge < -0.3 is 10.0 Å². The number of aromatic hydroxyl groups is 1. The molecule has 2 aliphatic heterocycles. The van der Waals surface area contributed by atoms with Gasteiger partial charge in [0.2, 0.25) is 5.91 Å². The van der Waals surface area contributed by atoms with Crippen LogP contribution in [-0.2, 0) is 11.2 Å². The van der Waals surface area contributed by atoms with Crippen molar-refractivity contribution in [2.75, 3.05) is 12.8 Å². The highest BCUT2D eigenvalue weighted by molar-refractivity contribution is 7.98. The molecule has 3 N–H and O–H groups in total. The molecule has 2 heterocycles. The van der Waals surface area contributed by atoms with E-state index in [4.69, 9.17) is 0 Å². The number of fused-ring (bicyclic) bond motifs is 1. The summed E-state index contributed by atoms with van der Waals surface area (Å²) in [4.78, 5) is 16.8. The first-order valence-corrected chi connectivity index (χ1v) is 12.2. The number of likely N-dealkylation sites (tertiary alicyclic amines) is 1. The molecule has 0 bridgehead atoms. The summed E-state index contributed by atoms with van der Waals surface area (Å²) < 4.78 is 0. The molecule has 6 heteroatoms. The quantitative estimate of drug-likeness (QED) is 0.499. The third kappa shape index (κ3) is 3.79. The number of para-hydroxylation sites is 1. The number of rotatable bonds is 6. The lowest BCUT2D eigenvalue weighted by atomic mass is 9.83. The zero-order valence-electron chi connectivity index (χ0n) is 17.9. The maximum absolute atomic E-state index is 13.5. The molecule has 5 nitrogen and oxygen atoms in total. The molecule has 2 aliphatic rings. The van der Waals surface area contributed by atoms with Gasteiger partial charge in [0.05, 0.1) is 12.1 Å². The highest BCUT2D eigenvalue weighted by Gasteiger charge is 2.55. The molecule has 1 amide bonds. The standard InChI is InChI=1S/C26H27N3O2S/c1-32-19-13-11-18(12-14-19)25-22-23(20-9-5-6-10-21(20)30)27-28-24(22)26(31)29(25)16-15-17-7-3-2-4-8-17/h2-14,22-25,27-28,30H,15-16H2,1H3. The molecule has 4 atom stereocenters. The summed E-state index contributed by atoms with van der Waals surface area (Å²) >= 11 is 1.71. The van der Waals surface area contributed by atoms with Gasteiger partial charge in [-0.2, -0.15) is 0 Å². The van der Waals surface area contributed by atoms with Crippen molar-refractivity contribution in [3.63, 3.8) is 0 Å². The molecular formula is C26H27N3O2S. The fourth-order valence-corrected chi connectivity index (χ4v) is 5.47. The summed E-state index contributed by atoms with van der Waals surface area (Å²) in [6, 6.07) is 25.6. The molecule has 3 aromatic carbocycles. The second-order valence-corrected chi connectivity index (χ2v) is 9.25. The number of nitrogens with one attached hydrogen (secondary N) is 2. The lowest BCUT2D eigenvalue weighted by Crippen LogP contribution is -2.42. The fraction of sp³-hybridized carbons (Fsp3) is 0.269. The molecule has 2 fully saturated rings. The lowest BCUT2D eigenvalue weighted by molar-refractivity contribution is -0.130. The van der Waals surface area contributed by atoms with Crippen molar-refractivity contribution in [3.8, 4) is 5.75 Å². The Hall–Kier alpha value is -2.80. The van der Waals surface area contributed by atoms with Gasteiger partial charge in [0, 0.05) is 22.9 Å². The average Bonchev–Trinajstić information content (AvgIpc) is 3.37. The summed E-state index contributed by atoms with van der Waals surface area (Å²) in [5.74, 6) is 0.320. The third-order valence-electron chi connectivity index (χ3n) is 6.63. The Morgan fingerprint density at radius 1 is 0.906 bits per heavy atom. The molecule has 0 spiro atoms. The highest BCUT2D eigenvalue weighted by atomic mass is 32.2. The van der Waals surface area contributed by atoms with Crippen LogP contribution in [0.3, 0.4) is 0 Å². The van der Waals surface area contributed by atoms with Crippen molar-refractivity contribution in [1.29, 1.82) is 0 Å². The molecule has 0 aliphatic carbocycles. The molecule has 4 unspecified atom stereocenters. The number of carbonyl (C=O) groups excluding carboxylic acids is 1. The van der Waals surface area contributed by atoms with Crippen LogP contribution in [-0.4, -0.2) is 34.8 Å². The van der Waals surface area contributed by atoms with Gasteiger partial charge in [-0.05, 0) is 42.0 Å². The highest BCUT2D eigenvalue weighted by Crippen LogP contribution is 2.48. The number of hydrogen-bond acceptors (Lipinski definition) is 5. The Bertz CT molecular complexity index is 1090. The number of hydrazine groups is 1. The van der Waals surface area contributed by atoms with E-state index in [1.807, 2.05) is 41.3 Å². The zero-order chi connectivity index (χ0) is 22.1. The van der Waals surface area contributed by atoms with E-state index in [0.717, 1.165) is 17.5 Å². The molecule has 32 heavy (non-hydrogen) atoms. The molecule has 2 saturated heterocycles. The lowest BCUT2D eigenvalue weighted by Gasteiger charge is -2.31. The number of hydrogen-bond donors (Lipinski definition) is 3. The average molecular weight is 446 g/mol. The van der Waals surface area contributed by atoms with Crippen molar-refractivity contribution < 1.29 is 9.90 Å². The Morgan fingerprint density at radius 3 is 2.31 bits per heavy atom. The molecule has 0 radical (unpaired) electrons. The van der Waals surface area contributed by atoms with Crippen molar-refractivity contribution in [2.45, 2.75) is 29.4 Å². The molecule has 0 aromatic heterocycles. The minimum absolute atomic E-state index is 0.0355. The number of carbonyl (C=O) groups is 1. The number of amides is 1. The van der Waals surface area contributed by atoms with Crippen molar-refractivity contribution in [3.05, 3.63) is 95.6 Å². The SMILES string of the molecule is CSc1ccc(C2C3C(NNC3c3ccccc3O)C(=O)N2CCc2ccccc2)cc1. The maximum Gasteiger partial charge on any atom is 0.242 e. The normalized spacial score (nSPS) is 24.7. The van der Waals surface area contributed by atoms with Crippen molar-refractivity contribution in [2.24, 2.45) is 5.92 Å². The zero-order valence-corrected chi connectivity index (χ0v) is 18.8. The van der Waals surface area contributed by atoms with Crippen LogP contribution in [0.4, 0.5) is 0 Å². The van der Waals surface area contributed by atoms with Gasteiger partial charge in [-0.15, -0.1) is 11.8 Å². The third-order valence-corrected chi connectivity index (χ3v) is 7.37. The summed E-state index contributed by atoms with van der Waals surface area (Å²) in [7, 11) is 0. The van der Waals surface area contributed by atoms with Gasteiger partial charge >= 0.3 is 0 Å². The molecule has 164 valence electrons. The number of nitrogens with zero attached hydrogens (tertiary/aromatic N) is 1. The number of benzene rings is 3. The van der Waals surface area contributed by atoms with Gasteiger partial charge in [0.1, 0.15) is 11.8 Å². The van der Waals surface area contributed by atoms with Crippen LogP contribution in [0.2, 0.25) is 0 Å². The number of phenols is 1. The van der Waals surface area contributed by atoms with Crippen LogP contribution >= 0.6 is 11.8 Å². The first-order valence-electron chi connectivity index (χ1n) is 10.9. The molecule has 0 saturated carbocycles. The monoisotopic (exact) mass is 445 g/mol. The maximum atomic E-state index is 13.5. The molecular weight excluding hydrogens is 418 g/mol. The van der Waals surface area contributed by atoms with Crippen LogP contribution in [0, 0.1) is 5.92 Å². The van der Waals surface area contributed by atoms with Crippen LogP contribution in [0.5, 0.6) is 5.75 Å². The van der Waals surface area contributed by atoms with Crippen LogP contribution in [0.15, 0.2) is 83.8 Å². The van der Waals surface area contributed by atoms with E-state index in [-0.39, 0.29) is 35.7 Å². The fourth-order valence-electron chi connectivity index (χ4n) is 5.06. The van der Waals surface area contributed by atoms with E-state index >= 15 is 0 Å². The van der Waals surface area contributed by atoms with Gasteiger partial charge in [-0.3, -0.25) is 4.79 Å². The van der Waals surface area contributed by atoms with Gasteiger partial charge in [0.15, 0.2) is 0 Å². The Kier molecular flexibility index (Phi) is 5.91. The summed E-state index contributed by atoms with van der Waals surface area (Å²) in [5.41, 5.74) is 9.70. The Labute approximate surface area is 192 Å². The summed E-state index contributed by atoms with van der Waals surface area (Å²) in [5, 5.41) is 10.5. The first-order chi connectivity index (χ1) is 15.7. The van der Waals surface area contributed by atoms with E-state index in [0.29, 0.717) is 6.54 Å². The van der Waals surface area contributed by atoms with E-state index in [2.05, 4.69) is 53.5 Å². The molecule has 3 aromatic rings. The number of thioether (sulfide) groups is 1. The molecule has 5 rings (SSSR count). The van der Waals surface area contributed by atoms with Crippen LogP contribution < -0.4 is 10.9 Å². The van der Waals surface area contributed by atoms with E-state index in [1.54, 1.807) is 17.8 Å². The van der Waals surface area contributed by atoms with Crippen LogP contribution in [0.1, 0.15) is 28.8 Å². The summed E-state index contributed by atoms with van der Waals surface area (Å²) in [6.45, 7) is 0.653. The number of phenolic OH excluding ortho intramolecular Hbond substituents is 1. The largest absolute Gasteiger partial charge is 0.508 e. The smallest absolute Gasteiger partial charge is 0.242 e. The van der Waals surface area contributed by atoms with Gasteiger partial charge in [-0.25, -0.2) is 10.9 Å². The van der Waals surface area contributed by atoms with E-state index < -0.39 is 0 Å².